The molecule has 2 fully saturated rings. The van der Waals surface area contributed by atoms with Gasteiger partial charge in [-0.3, -0.25) is 22.9 Å². The van der Waals surface area contributed by atoms with Gasteiger partial charge in [-0.2, -0.15) is 4.31 Å². The van der Waals surface area contributed by atoms with E-state index >= 15 is 0 Å². The molecule has 0 saturated carbocycles. The van der Waals surface area contributed by atoms with E-state index in [0.717, 1.165) is 17.2 Å². The number of ether oxygens (including phenoxy) is 2. The number of imidazole rings is 1. The minimum atomic E-state index is -5.51. The number of aliphatic hydroxyl groups is 3. The molecule has 23 nitrogen and oxygen atoms in total. The quantitative estimate of drug-likeness (QED) is 0.109. The maximum absolute atomic E-state index is 12.6. The largest absolute Gasteiger partial charge is 0.481 e. The third-order valence-corrected chi connectivity index (χ3v) is 10.4. The molecule has 266 valence electrons. The van der Waals surface area contributed by atoms with Crippen molar-refractivity contribution in [2.45, 2.75) is 62.4 Å². The molecule has 26 heteroatoms. The van der Waals surface area contributed by atoms with Gasteiger partial charge in [-0.1, -0.05) is 6.08 Å². The van der Waals surface area contributed by atoms with E-state index in [0.29, 0.717) is 12.0 Å². The number of carbonyl (C=O) groups excluding carboxylic acids is 1. The first kappa shape index (κ1) is 36.7. The van der Waals surface area contributed by atoms with Crippen LogP contribution < -0.4 is 5.73 Å². The normalized spacial score (nSPS) is 31.9. The van der Waals surface area contributed by atoms with Crippen molar-refractivity contribution in [2.24, 2.45) is 0 Å². The highest BCUT2D eigenvalue weighted by Crippen LogP contribution is 2.61. The number of hydrogen-bond acceptors (Lipinski definition) is 18. The minimum absolute atomic E-state index is 0.00924. The lowest BCUT2D eigenvalue weighted by atomic mass is 10.1. The molecule has 3 aliphatic rings. The first-order chi connectivity index (χ1) is 22.4. The van der Waals surface area contributed by atoms with E-state index in [-0.39, 0.29) is 22.8 Å². The maximum atomic E-state index is 12.6. The van der Waals surface area contributed by atoms with Crippen LogP contribution in [0.5, 0.6) is 0 Å². The molecule has 0 spiro atoms. The number of nitrogen functional groups attached to an aromatic ring is 1. The topological polar surface area (TPSA) is 338 Å². The first-order valence-electron chi connectivity index (χ1n) is 13.7. The molecule has 3 aliphatic heterocycles. The molecule has 2 saturated heterocycles. The number of rotatable bonds is 13. The average molecular weight is 744 g/mol. The average Bonchev–Trinajstić information content (AvgIpc) is 3.64. The van der Waals surface area contributed by atoms with Crippen LogP contribution >= 0.6 is 23.5 Å². The van der Waals surface area contributed by atoms with Crippen molar-refractivity contribution in [3.05, 3.63) is 36.7 Å². The number of aliphatic hydroxyl groups excluding tert-OH is 3. The van der Waals surface area contributed by atoms with Gasteiger partial charge in [0.05, 0.1) is 19.5 Å². The Bertz CT molecular complexity index is 1730. The van der Waals surface area contributed by atoms with Crippen LogP contribution in [0.25, 0.3) is 11.2 Å². The molecule has 0 bridgehead atoms. The summed E-state index contributed by atoms with van der Waals surface area (Å²) >= 11 is 0. The molecule has 2 unspecified atom stereocenters. The number of phosphoric acid groups is 3. The Labute approximate surface area is 269 Å². The van der Waals surface area contributed by atoms with Crippen LogP contribution in [0.4, 0.5) is 5.82 Å². The molecule has 5 heterocycles. The summed E-state index contributed by atoms with van der Waals surface area (Å²) in [6.45, 7) is -0.645. The van der Waals surface area contributed by atoms with Crippen molar-refractivity contribution in [3.63, 3.8) is 0 Å². The Balaban J connectivity index is 1.20. The number of hydrogen-bond donors (Lipinski definition) is 8. The van der Waals surface area contributed by atoms with Crippen LogP contribution in [-0.2, 0) is 45.8 Å². The van der Waals surface area contributed by atoms with Gasteiger partial charge in [0, 0.05) is 18.0 Å². The van der Waals surface area contributed by atoms with Crippen LogP contribution in [-0.4, -0.2) is 121 Å². The third kappa shape index (κ3) is 8.25. The highest BCUT2D eigenvalue weighted by molar-refractivity contribution is 7.61. The van der Waals surface area contributed by atoms with Crippen LogP contribution in [0.1, 0.15) is 19.6 Å². The van der Waals surface area contributed by atoms with Gasteiger partial charge in [0.15, 0.2) is 29.7 Å². The number of Topliss-reactive ketones (excluding diaryl/α,β-unsaturated/α-hetero) is 1. The second kappa shape index (κ2) is 14.0. The van der Waals surface area contributed by atoms with Gasteiger partial charge in [0.1, 0.15) is 48.5 Å². The summed E-state index contributed by atoms with van der Waals surface area (Å²) < 4.78 is 67.3. The summed E-state index contributed by atoms with van der Waals surface area (Å²) in [6, 6.07) is 0. The second-order valence-corrected chi connectivity index (χ2v) is 14.8. The molecule has 48 heavy (non-hydrogen) atoms. The standard InChI is InChI=1S/C22H31N6O17P3/c1-10(29)11-3-2-4-27(5-11)21-17(32)15(30)12(42-21)6-40-47(36,37)45-48(38,39)41-7-13-16(31)18(44-46(33,34)35)22(43-13)28-9-26-14-19(23)24-8-25-20(14)28/h2,4-5,8-9,12-13,15-18,21-22,30-32H,3,6-7H2,1H3,(H,36,37)(H,38,39)(H2,23,24,25)(H2,33,34,35)/t12-,13-,15-,16-,17-,18-,21-,22-/m1/s1. The summed E-state index contributed by atoms with van der Waals surface area (Å²) in [7, 11) is -16.2. The number of aromatic nitrogens is 4. The molecule has 2 aromatic heterocycles. The first-order valence-corrected chi connectivity index (χ1v) is 18.2. The summed E-state index contributed by atoms with van der Waals surface area (Å²) in [5, 5.41) is 31.6. The smallest absolute Gasteiger partial charge is 0.387 e. The van der Waals surface area contributed by atoms with E-state index in [9.17, 15) is 53.4 Å². The van der Waals surface area contributed by atoms with Crippen LogP contribution in [0.15, 0.2) is 36.7 Å². The van der Waals surface area contributed by atoms with Crippen molar-refractivity contribution in [1.82, 2.24) is 24.4 Å². The van der Waals surface area contributed by atoms with Crippen molar-refractivity contribution in [2.75, 3.05) is 18.9 Å². The molecule has 0 radical (unpaired) electrons. The lowest BCUT2D eigenvalue weighted by Crippen LogP contribution is -2.40. The highest BCUT2D eigenvalue weighted by atomic mass is 31.3. The number of ketones is 1. The number of allylic oxidation sites excluding steroid dienone is 2. The minimum Gasteiger partial charge on any atom is -0.387 e. The number of nitrogens with two attached hydrogens (primary N) is 1. The maximum Gasteiger partial charge on any atom is 0.481 e. The van der Waals surface area contributed by atoms with Gasteiger partial charge in [-0.15, -0.1) is 0 Å². The molecule has 0 amide bonds. The van der Waals surface area contributed by atoms with E-state index in [1.807, 2.05) is 0 Å². The van der Waals surface area contributed by atoms with E-state index in [2.05, 4.69) is 19.3 Å². The Kier molecular flexibility index (Phi) is 10.7. The number of phosphoric ester groups is 3. The molecule has 0 aromatic carbocycles. The highest BCUT2D eigenvalue weighted by Gasteiger charge is 2.51. The number of anilines is 1. The predicted octanol–water partition coefficient (Wildman–Crippen LogP) is -1.47. The third-order valence-electron chi connectivity index (χ3n) is 7.25. The van der Waals surface area contributed by atoms with Gasteiger partial charge in [-0.05, 0) is 13.3 Å². The summed E-state index contributed by atoms with van der Waals surface area (Å²) in [5.74, 6) is -0.287. The van der Waals surface area contributed by atoms with Crippen LogP contribution in [0.3, 0.4) is 0 Å². The van der Waals surface area contributed by atoms with Crippen molar-refractivity contribution in [1.29, 1.82) is 0 Å². The fourth-order valence-corrected chi connectivity index (χ4v) is 7.64. The lowest BCUT2D eigenvalue weighted by Gasteiger charge is -2.28. The van der Waals surface area contributed by atoms with Gasteiger partial charge in [0.25, 0.3) is 0 Å². The fourth-order valence-electron chi connectivity index (χ4n) is 5.00. The SMILES string of the molecule is CC(=O)C1=CN([C@@H]2O[C@H](COP(=O)(O)OP(=O)(O)OC[C@H]3O[C@@H](n4cnc5c(N)ncnc54)[C@H](OP(=O)(O)O)[C@@H]3O)[C@@H](O)[C@H]2O)C=CC1. The van der Waals surface area contributed by atoms with Gasteiger partial charge >= 0.3 is 23.5 Å². The summed E-state index contributed by atoms with van der Waals surface area (Å²) in [4.78, 5) is 63.8. The Morgan fingerprint density at radius 3 is 2.21 bits per heavy atom. The molecule has 5 rings (SSSR count). The molecule has 10 atom stereocenters. The molecule has 0 aliphatic carbocycles. The van der Waals surface area contributed by atoms with Crippen molar-refractivity contribution in [3.8, 4) is 0 Å². The number of fused-ring (bicyclic) bond motifs is 1. The molecule has 9 N–H and O–H groups in total. The second-order valence-electron chi connectivity index (χ2n) is 10.6. The molecular weight excluding hydrogens is 713 g/mol. The Hall–Kier alpha value is -2.53. The zero-order chi connectivity index (χ0) is 35.2. The molecule has 2 aromatic rings. The Morgan fingerprint density at radius 1 is 0.958 bits per heavy atom. The Morgan fingerprint density at radius 2 is 1.58 bits per heavy atom. The zero-order valence-electron chi connectivity index (χ0n) is 24.5. The van der Waals surface area contributed by atoms with E-state index in [1.165, 1.54) is 24.2 Å². The summed E-state index contributed by atoms with van der Waals surface area (Å²) in [6.07, 6.45) is -5.89. The van der Waals surface area contributed by atoms with Crippen molar-refractivity contribution >= 4 is 46.2 Å². The lowest BCUT2D eigenvalue weighted by molar-refractivity contribution is -0.114. The van der Waals surface area contributed by atoms with Gasteiger partial charge in [0.2, 0.25) is 0 Å². The predicted molar refractivity (Wildman–Crippen MR) is 154 cm³/mol. The van der Waals surface area contributed by atoms with Gasteiger partial charge in [-0.25, -0.2) is 28.6 Å². The van der Waals surface area contributed by atoms with E-state index in [4.69, 9.17) is 28.8 Å². The van der Waals surface area contributed by atoms with Crippen LogP contribution in [0.2, 0.25) is 0 Å². The van der Waals surface area contributed by atoms with E-state index in [1.54, 1.807) is 6.08 Å². The molecular formula is C22H31N6O17P3. The van der Waals surface area contributed by atoms with Crippen LogP contribution in [0, 0.1) is 0 Å². The monoisotopic (exact) mass is 744 g/mol. The number of carbonyl (C=O) groups is 1. The van der Waals surface area contributed by atoms with E-state index < -0.39 is 85.8 Å². The fraction of sp³-hybridized carbons (Fsp3) is 0.545. The number of nitrogens with zero attached hydrogens (tertiary/aromatic N) is 5. The van der Waals surface area contributed by atoms with Crippen molar-refractivity contribution < 1.29 is 80.7 Å². The van der Waals surface area contributed by atoms with Gasteiger partial charge < -0.3 is 55.0 Å². The zero-order valence-corrected chi connectivity index (χ0v) is 27.2. The summed E-state index contributed by atoms with van der Waals surface area (Å²) in [5.41, 5.74) is 6.23.